The van der Waals surface area contributed by atoms with Crippen LogP contribution in [0.3, 0.4) is 0 Å². The van der Waals surface area contributed by atoms with Crippen molar-refractivity contribution in [1.29, 1.82) is 0 Å². The number of rotatable bonds is 7. The van der Waals surface area contributed by atoms with E-state index in [1.165, 1.54) is 19.2 Å². The molecular weight excluding hydrogens is 255 g/mol. The number of halogens is 1. The number of amides is 1. The summed E-state index contributed by atoms with van der Waals surface area (Å²) in [5.74, 6) is -2.34. The molecule has 1 aromatic rings. The number of benzene rings is 1. The number of nitrogens with one attached hydrogen (secondary N) is 1. The summed E-state index contributed by atoms with van der Waals surface area (Å²) in [5.41, 5.74) is 5.47. The predicted octanol–water partition coefficient (Wildman–Crippen LogP) is 0.826. The smallest absolute Gasteiger partial charge is 0.306 e. The summed E-state index contributed by atoms with van der Waals surface area (Å²) in [4.78, 5) is 21.7. The van der Waals surface area contributed by atoms with Crippen molar-refractivity contribution in [2.24, 2.45) is 5.73 Å². The Labute approximate surface area is 109 Å². The van der Waals surface area contributed by atoms with E-state index in [9.17, 15) is 14.0 Å². The van der Waals surface area contributed by atoms with E-state index in [1.807, 2.05) is 0 Å². The van der Waals surface area contributed by atoms with Crippen LogP contribution in [0.4, 0.5) is 10.1 Å². The van der Waals surface area contributed by atoms with Crippen molar-refractivity contribution < 1.29 is 23.8 Å². The lowest BCUT2D eigenvalue weighted by atomic mass is 10.1. The lowest BCUT2D eigenvalue weighted by Crippen LogP contribution is -2.26. The Balaban J connectivity index is 2.76. The van der Waals surface area contributed by atoms with Crippen LogP contribution in [0.1, 0.15) is 16.8 Å². The highest BCUT2D eigenvalue weighted by Gasteiger charge is 2.14. The summed E-state index contributed by atoms with van der Waals surface area (Å²) in [5, 5.41) is 11.5. The Morgan fingerprint density at radius 1 is 1.53 bits per heavy atom. The molecule has 0 fully saturated rings. The minimum Gasteiger partial charge on any atom is -0.481 e. The van der Waals surface area contributed by atoms with Gasteiger partial charge in [0.1, 0.15) is 5.82 Å². The number of carbonyl (C=O) groups is 2. The fourth-order valence-electron chi connectivity index (χ4n) is 1.53. The van der Waals surface area contributed by atoms with E-state index in [1.54, 1.807) is 0 Å². The molecule has 1 amide bonds. The van der Waals surface area contributed by atoms with Crippen molar-refractivity contribution >= 4 is 17.6 Å². The van der Waals surface area contributed by atoms with Gasteiger partial charge >= 0.3 is 5.97 Å². The molecule has 4 N–H and O–H groups in total. The molecule has 1 rings (SSSR count). The third kappa shape index (κ3) is 4.55. The number of carboxylic acid groups (broad SMARTS) is 1. The third-order valence-electron chi connectivity index (χ3n) is 2.50. The van der Waals surface area contributed by atoms with Crippen molar-refractivity contribution in [3.8, 4) is 0 Å². The fourth-order valence-corrected chi connectivity index (χ4v) is 1.53. The molecular formula is C12H15FN2O4. The van der Waals surface area contributed by atoms with Gasteiger partial charge in [0.15, 0.2) is 0 Å². The molecule has 0 heterocycles. The van der Waals surface area contributed by atoms with Crippen LogP contribution in [-0.4, -0.2) is 36.7 Å². The second-order valence-corrected chi connectivity index (χ2v) is 3.89. The van der Waals surface area contributed by atoms with Gasteiger partial charge < -0.3 is 20.9 Å². The number of methoxy groups -OCH3 is 1. The normalized spacial score (nSPS) is 11.9. The van der Waals surface area contributed by atoms with Crippen LogP contribution in [0.5, 0.6) is 0 Å². The lowest BCUT2D eigenvalue weighted by Gasteiger charge is -2.16. The molecule has 0 aliphatic carbocycles. The van der Waals surface area contributed by atoms with Crippen LogP contribution in [0, 0.1) is 5.82 Å². The van der Waals surface area contributed by atoms with Gasteiger partial charge in [-0.05, 0) is 18.2 Å². The second kappa shape index (κ2) is 6.69. The number of aliphatic carboxylic acids is 1. The Kier molecular flexibility index (Phi) is 5.25. The number of carbonyl (C=O) groups excluding carboxylic acids is 1. The van der Waals surface area contributed by atoms with Gasteiger partial charge in [-0.15, -0.1) is 0 Å². The van der Waals surface area contributed by atoms with Gasteiger partial charge in [0.2, 0.25) is 0 Å². The van der Waals surface area contributed by atoms with Gasteiger partial charge in [-0.2, -0.15) is 0 Å². The number of primary amides is 1. The highest BCUT2D eigenvalue weighted by molar-refractivity contribution is 5.98. The first-order valence-electron chi connectivity index (χ1n) is 5.52. The minimum absolute atomic E-state index is 0.00479. The van der Waals surface area contributed by atoms with Crippen LogP contribution in [0.15, 0.2) is 18.2 Å². The van der Waals surface area contributed by atoms with Crippen molar-refractivity contribution in [2.75, 3.05) is 19.0 Å². The highest BCUT2D eigenvalue weighted by atomic mass is 19.1. The first-order chi connectivity index (χ1) is 8.93. The summed E-state index contributed by atoms with van der Waals surface area (Å²) in [7, 11) is 1.38. The van der Waals surface area contributed by atoms with Crippen LogP contribution in [0.25, 0.3) is 0 Å². The first-order valence-corrected chi connectivity index (χ1v) is 5.52. The monoisotopic (exact) mass is 270 g/mol. The first kappa shape index (κ1) is 14.9. The van der Waals surface area contributed by atoms with Crippen molar-refractivity contribution in [3.05, 3.63) is 29.6 Å². The molecule has 0 saturated carbocycles. The molecule has 1 unspecified atom stereocenters. The zero-order valence-corrected chi connectivity index (χ0v) is 10.4. The molecule has 6 nitrogen and oxygen atoms in total. The van der Waals surface area contributed by atoms with E-state index in [0.717, 1.165) is 6.07 Å². The lowest BCUT2D eigenvalue weighted by molar-refractivity contribution is -0.139. The molecule has 104 valence electrons. The van der Waals surface area contributed by atoms with Crippen LogP contribution < -0.4 is 11.1 Å². The molecule has 0 spiro atoms. The summed E-state index contributed by atoms with van der Waals surface area (Å²) >= 11 is 0. The van der Waals surface area contributed by atoms with E-state index >= 15 is 0 Å². The second-order valence-electron chi connectivity index (χ2n) is 3.89. The maximum Gasteiger partial charge on any atom is 0.306 e. The number of nitrogens with two attached hydrogens (primary N) is 1. The SMILES string of the molecule is COC(CNc1ccc(F)cc1C(N)=O)CC(=O)O. The van der Waals surface area contributed by atoms with Crippen LogP contribution >= 0.6 is 0 Å². The Hall–Kier alpha value is -2.15. The molecule has 1 atom stereocenters. The molecule has 1 aromatic carbocycles. The molecule has 0 aromatic heterocycles. The molecule has 0 radical (unpaired) electrons. The molecule has 0 bridgehead atoms. The molecule has 19 heavy (non-hydrogen) atoms. The van der Waals surface area contributed by atoms with E-state index in [-0.39, 0.29) is 18.5 Å². The average Bonchev–Trinajstić information content (AvgIpc) is 2.34. The van der Waals surface area contributed by atoms with E-state index < -0.39 is 23.8 Å². The molecule has 0 aliphatic rings. The van der Waals surface area contributed by atoms with Crippen molar-refractivity contribution in [3.63, 3.8) is 0 Å². The Bertz CT molecular complexity index is 479. The zero-order valence-electron chi connectivity index (χ0n) is 10.4. The van der Waals surface area contributed by atoms with E-state index in [2.05, 4.69) is 5.32 Å². The highest BCUT2D eigenvalue weighted by Crippen LogP contribution is 2.17. The third-order valence-corrected chi connectivity index (χ3v) is 2.50. The average molecular weight is 270 g/mol. The molecule has 0 saturated heterocycles. The van der Waals surface area contributed by atoms with Crippen molar-refractivity contribution in [1.82, 2.24) is 0 Å². The quantitative estimate of drug-likeness (QED) is 0.681. The van der Waals surface area contributed by atoms with Gasteiger partial charge in [0, 0.05) is 19.3 Å². The maximum atomic E-state index is 13.0. The summed E-state index contributed by atoms with van der Waals surface area (Å²) in [6, 6.07) is 3.56. The van der Waals surface area contributed by atoms with Gasteiger partial charge in [-0.3, -0.25) is 9.59 Å². The van der Waals surface area contributed by atoms with Gasteiger partial charge in [0.25, 0.3) is 5.91 Å². The fraction of sp³-hybridized carbons (Fsp3) is 0.333. The van der Waals surface area contributed by atoms with Gasteiger partial charge in [-0.1, -0.05) is 0 Å². The minimum atomic E-state index is -0.997. The van der Waals surface area contributed by atoms with Crippen LogP contribution in [0.2, 0.25) is 0 Å². The summed E-state index contributed by atoms with van der Waals surface area (Å²) in [6.07, 6.45) is -0.750. The molecule has 0 aliphatic heterocycles. The topological polar surface area (TPSA) is 102 Å². The van der Waals surface area contributed by atoms with Gasteiger partial charge in [-0.25, -0.2) is 4.39 Å². The van der Waals surface area contributed by atoms with E-state index in [0.29, 0.717) is 5.69 Å². The number of hydrogen-bond acceptors (Lipinski definition) is 4. The largest absolute Gasteiger partial charge is 0.481 e. The number of anilines is 1. The standard InChI is InChI=1S/C12H15FN2O4/c1-19-8(5-11(16)17)6-15-10-3-2-7(13)4-9(10)12(14)18/h2-4,8,15H,5-6H2,1H3,(H2,14,18)(H,16,17). The summed E-state index contributed by atoms with van der Waals surface area (Å²) in [6.45, 7) is 0.161. The Morgan fingerprint density at radius 3 is 2.74 bits per heavy atom. The summed E-state index contributed by atoms with van der Waals surface area (Å²) < 4.78 is 18.0. The van der Waals surface area contributed by atoms with Gasteiger partial charge in [0.05, 0.1) is 18.1 Å². The Morgan fingerprint density at radius 2 is 2.21 bits per heavy atom. The zero-order chi connectivity index (χ0) is 14.4. The number of ether oxygens (including phenoxy) is 1. The number of carboxylic acids is 1. The van der Waals surface area contributed by atoms with Crippen LogP contribution in [-0.2, 0) is 9.53 Å². The van der Waals surface area contributed by atoms with Crippen molar-refractivity contribution in [2.45, 2.75) is 12.5 Å². The maximum absolute atomic E-state index is 13.0. The molecule has 7 heteroatoms. The van der Waals surface area contributed by atoms with E-state index in [4.69, 9.17) is 15.6 Å². The number of hydrogen-bond donors (Lipinski definition) is 3. The predicted molar refractivity (Wildman–Crippen MR) is 66.5 cm³/mol.